The van der Waals surface area contributed by atoms with Crippen LogP contribution in [-0.4, -0.2) is 46.8 Å². The Labute approximate surface area is 160 Å². The van der Waals surface area contributed by atoms with Gasteiger partial charge in [-0.2, -0.15) is 0 Å². The van der Waals surface area contributed by atoms with E-state index in [0.29, 0.717) is 24.3 Å². The van der Waals surface area contributed by atoms with Gasteiger partial charge >= 0.3 is 6.36 Å². The predicted octanol–water partition coefficient (Wildman–Crippen LogP) is 2.72. The van der Waals surface area contributed by atoms with Crippen molar-refractivity contribution in [2.45, 2.75) is 19.8 Å². The smallest absolute Gasteiger partial charge is 0.406 e. The molecule has 4 rings (SSSR count). The summed E-state index contributed by atoms with van der Waals surface area (Å²) >= 11 is 0. The molecule has 0 radical (unpaired) electrons. The SMILES string of the molecule is Cc1[nH]cnc1CN1CC2C(CNC(=O)c3cccc(OC(F)(F)F)c3)C2C1. The van der Waals surface area contributed by atoms with Gasteiger partial charge in [0.05, 0.1) is 12.0 Å². The highest BCUT2D eigenvalue weighted by molar-refractivity contribution is 5.94. The molecule has 1 aromatic heterocycles. The van der Waals surface area contributed by atoms with Gasteiger partial charge in [-0.25, -0.2) is 4.98 Å². The Bertz CT molecular complexity index is 855. The number of piperidine rings is 1. The number of nitrogens with one attached hydrogen (secondary N) is 2. The number of benzene rings is 1. The van der Waals surface area contributed by atoms with Crippen LogP contribution in [-0.2, 0) is 6.54 Å². The van der Waals surface area contributed by atoms with E-state index in [-0.39, 0.29) is 11.5 Å². The van der Waals surface area contributed by atoms with Gasteiger partial charge in [-0.05, 0) is 42.9 Å². The molecular formula is C19H21F3N4O2. The third kappa shape index (κ3) is 4.14. The van der Waals surface area contributed by atoms with Gasteiger partial charge in [-0.1, -0.05) is 6.07 Å². The van der Waals surface area contributed by atoms with Crippen LogP contribution in [0.5, 0.6) is 5.75 Å². The molecule has 6 nitrogen and oxygen atoms in total. The van der Waals surface area contributed by atoms with Gasteiger partial charge in [-0.3, -0.25) is 9.69 Å². The lowest BCUT2D eigenvalue weighted by Gasteiger charge is -2.19. The van der Waals surface area contributed by atoms with Crippen molar-refractivity contribution in [3.8, 4) is 5.75 Å². The first kappa shape index (κ1) is 18.8. The van der Waals surface area contributed by atoms with Crippen LogP contribution in [0.15, 0.2) is 30.6 Å². The standard InChI is InChI=1S/C19H21F3N4O2/c1-11-17(25-10-24-11)9-26-7-15-14(16(15)8-26)6-23-18(27)12-3-2-4-13(5-12)28-19(20,21)22/h2-5,10,14-16H,6-9H2,1H3,(H,23,27)(H,24,25). The van der Waals surface area contributed by atoms with Crippen LogP contribution in [0.1, 0.15) is 21.7 Å². The number of nitrogens with zero attached hydrogens (tertiary/aromatic N) is 2. The van der Waals surface area contributed by atoms with Crippen molar-refractivity contribution >= 4 is 5.91 Å². The summed E-state index contributed by atoms with van der Waals surface area (Å²) in [6.07, 6.45) is -3.07. The van der Waals surface area contributed by atoms with Gasteiger partial charge in [-0.15, -0.1) is 13.2 Å². The second-order valence-corrected chi connectivity index (χ2v) is 7.45. The van der Waals surface area contributed by atoms with Gasteiger partial charge in [0.1, 0.15) is 5.75 Å². The number of imidazole rings is 1. The summed E-state index contributed by atoms with van der Waals surface area (Å²) in [6.45, 7) is 5.33. The van der Waals surface area contributed by atoms with Crippen LogP contribution in [0.25, 0.3) is 0 Å². The van der Waals surface area contributed by atoms with E-state index < -0.39 is 12.1 Å². The van der Waals surface area contributed by atoms with Gasteiger partial charge < -0.3 is 15.0 Å². The lowest BCUT2D eigenvalue weighted by atomic mass is 10.2. The highest BCUT2D eigenvalue weighted by Gasteiger charge is 2.55. The molecule has 1 aliphatic heterocycles. The summed E-state index contributed by atoms with van der Waals surface area (Å²) in [4.78, 5) is 22.0. The topological polar surface area (TPSA) is 70.2 Å². The number of amides is 1. The average molecular weight is 394 g/mol. The molecule has 2 fully saturated rings. The first-order valence-electron chi connectivity index (χ1n) is 9.15. The zero-order chi connectivity index (χ0) is 19.9. The molecule has 2 aromatic rings. The number of halogens is 3. The third-order valence-electron chi connectivity index (χ3n) is 5.58. The number of rotatable bonds is 6. The maximum atomic E-state index is 12.3. The van der Waals surface area contributed by atoms with Crippen LogP contribution in [0, 0.1) is 24.7 Å². The van der Waals surface area contributed by atoms with E-state index >= 15 is 0 Å². The van der Waals surface area contributed by atoms with Crippen molar-refractivity contribution < 1.29 is 22.7 Å². The molecule has 1 aromatic carbocycles. The van der Waals surface area contributed by atoms with E-state index in [1.807, 2.05) is 6.92 Å². The van der Waals surface area contributed by atoms with Gasteiger partial charge in [0.2, 0.25) is 0 Å². The molecule has 28 heavy (non-hydrogen) atoms. The Morgan fingerprint density at radius 1 is 1.36 bits per heavy atom. The number of H-pyrrole nitrogens is 1. The van der Waals surface area contributed by atoms with Crippen molar-refractivity contribution in [1.29, 1.82) is 0 Å². The normalized spacial score (nSPS) is 24.1. The Morgan fingerprint density at radius 2 is 2.11 bits per heavy atom. The number of carbonyl (C=O) groups is 1. The minimum absolute atomic E-state index is 0.156. The number of aromatic amines is 1. The minimum Gasteiger partial charge on any atom is -0.406 e. The lowest BCUT2D eigenvalue weighted by molar-refractivity contribution is -0.274. The number of hydrogen-bond donors (Lipinski definition) is 2. The largest absolute Gasteiger partial charge is 0.573 e. The highest BCUT2D eigenvalue weighted by atomic mass is 19.4. The Hall–Kier alpha value is -2.55. The zero-order valence-electron chi connectivity index (χ0n) is 15.3. The lowest BCUT2D eigenvalue weighted by Crippen LogP contribution is -2.30. The van der Waals surface area contributed by atoms with Crippen molar-refractivity contribution in [3.63, 3.8) is 0 Å². The molecule has 2 heterocycles. The fourth-order valence-corrected chi connectivity index (χ4v) is 4.07. The van der Waals surface area contributed by atoms with E-state index in [0.717, 1.165) is 37.1 Å². The Morgan fingerprint density at radius 3 is 2.75 bits per heavy atom. The third-order valence-corrected chi connectivity index (χ3v) is 5.58. The highest BCUT2D eigenvalue weighted by Crippen LogP contribution is 2.51. The fraction of sp³-hybridized carbons (Fsp3) is 0.474. The number of hydrogen-bond acceptors (Lipinski definition) is 4. The van der Waals surface area contributed by atoms with Crippen LogP contribution >= 0.6 is 0 Å². The fourth-order valence-electron chi connectivity index (χ4n) is 4.07. The Balaban J connectivity index is 1.24. The van der Waals surface area contributed by atoms with E-state index in [4.69, 9.17) is 0 Å². The quantitative estimate of drug-likeness (QED) is 0.791. The van der Waals surface area contributed by atoms with Crippen LogP contribution in [0.2, 0.25) is 0 Å². The van der Waals surface area contributed by atoms with Crippen molar-refractivity contribution in [1.82, 2.24) is 20.2 Å². The van der Waals surface area contributed by atoms with E-state index in [1.54, 1.807) is 6.33 Å². The number of alkyl halides is 3. The molecule has 150 valence electrons. The number of ether oxygens (including phenoxy) is 1. The summed E-state index contributed by atoms with van der Waals surface area (Å²) in [6, 6.07) is 5.12. The monoisotopic (exact) mass is 394 g/mol. The summed E-state index contributed by atoms with van der Waals surface area (Å²) in [5, 5.41) is 2.84. The molecule has 1 aliphatic carbocycles. The molecule has 1 saturated carbocycles. The van der Waals surface area contributed by atoms with Crippen molar-refractivity contribution in [2.75, 3.05) is 19.6 Å². The second kappa shape index (κ2) is 7.12. The molecule has 0 bridgehead atoms. The summed E-state index contributed by atoms with van der Waals surface area (Å²) in [7, 11) is 0. The average Bonchev–Trinajstić information content (AvgIpc) is 2.93. The predicted molar refractivity (Wildman–Crippen MR) is 94.5 cm³/mol. The van der Waals surface area contributed by atoms with Gasteiger partial charge in [0.25, 0.3) is 5.91 Å². The molecule has 9 heteroatoms. The molecule has 2 N–H and O–H groups in total. The molecular weight excluding hydrogens is 373 g/mol. The van der Waals surface area contributed by atoms with E-state index in [1.165, 1.54) is 18.2 Å². The maximum absolute atomic E-state index is 12.3. The molecule has 2 unspecified atom stereocenters. The molecule has 2 atom stereocenters. The maximum Gasteiger partial charge on any atom is 0.573 e. The van der Waals surface area contributed by atoms with E-state index in [2.05, 4.69) is 24.9 Å². The summed E-state index contributed by atoms with van der Waals surface area (Å²) < 4.78 is 40.8. The van der Waals surface area contributed by atoms with Crippen LogP contribution < -0.4 is 10.1 Å². The number of fused-ring (bicyclic) bond motifs is 1. The number of aromatic nitrogens is 2. The van der Waals surface area contributed by atoms with E-state index in [9.17, 15) is 18.0 Å². The first-order chi connectivity index (χ1) is 13.3. The number of aryl methyl sites for hydroxylation is 1. The molecule has 1 saturated heterocycles. The van der Waals surface area contributed by atoms with Crippen LogP contribution in [0.4, 0.5) is 13.2 Å². The summed E-state index contributed by atoms with van der Waals surface area (Å²) in [5.74, 6) is 0.753. The number of likely N-dealkylation sites (tertiary alicyclic amines) is 1. The van der Waals surface area contributed by atoms with Crippen molar-refractivity contribution in [2.24, 2.45) is 17.8 Å². The molecule has 2 aliphatic rings. The zero-order valence-corrected chi connectivity index (χ0v) is 15.3. The number of carbonyl (C=O) groups excluding carboxylic acids is 1. The van der Waals surface area contributed by atoms with Gasteiger partial charge in [0.15, 0.2) is 0 Å². The first-order valence-corrected chi connectivity index (χ1v) is 9.15. The molecule has 1 amide bonds. The van der Waals surface area contributed by atoms with Crippen molar-refractivity contribution in [3.05, 3.63) is 47.5 Å². The minimum atomic E-state index is -4.78. The van der Waals surface area contributed by atoms with Crippen LogP contribution in [0.3, 0.4) is 0 Å². The Kier molecular flexibility index (Phi) is 4.78. The summed E-state index contributed by atoms with van der Waals surface area (Å²) in [5.41, 5.74) is 2.30. The van der Waals surface area contributed by atoms with Gasteiger partial charge in [0, 0.05) is 37.4 Å². The molecule has 0 spiro atoms. The second-order valence-electron chi connectivity index (χ2n) is 7.45.